The van der Waals surface area contributed by atoms with Crippen LogP contribution in [-0.2, 0) is 4.74 Å². The summed E-state index contributed by atoms with van der Waals surface area (Å²) in [4.78, 5) is 11.2. The Balaban J connectivity index is 2.10. The number of primary amides is 1. The van der Waals surface area contributed by atoms with E-state index in [-0.39, 0.29) is 6.23 Å². The van der Waals surface area contributed by atoms with Gasteiger partial charge in [-0.25, -0.2) is 0 Å². The van der Waals surface area contributed by atoms with Crippen molar-refractivity contribution in [1.29, 1.82) is 0 Å². The first kappa shape index (κ1) is 11.0. The summed E-state index contributed by atoms with van der Waals surface area (Å²) < 4.78 is 5.55. The highest BCUT2D eigenvalue weighted by atomic mass is 16.5. The third-order valence-electron chi connectivity index (χ3n) is 2.69. The fraction of sp³-hybridized carbons (Fsp3) is 0.417. The molecule has 1 fully saturated rings. The zero-order valence-electron chi connectivity index (χ0n) is 9.11. The van der Waals surface area contributed by atoms with Gasteiger partial charge in [0.15, 0.2) is 0 Å². The highest BCUT2D eigenvalue weighted by molar-refractivity contribution is 5.98. The van der Waals surface area contributed by atoms with Crippen molar-refractivity contribution < 1.29 is 9.53 Å². The molecular weight excluding hydrogens is 204 g/mol. The van der Waals surface area contributed by atoms with E-state index in [9.17, 15) is 4.79 Å². The van der Waals surface area contributed by atoms with Crippen LogP contribution in [0.4, 0.5) is 5.69 Å². The van der Waals surface area contributed by atoms with Gasteiger partial charge < -0.3 is 15.8 Å². The van der Waals surface area contributed by atoms with Crippen molar-refractivity contribution in [1.82, 2.24) is 0 Å². The van der Waals surface area contributed by atoms with Crippen LogP contribution in [0.5, 0.6) is 0 Å². The number of benzene rings is 1. The maximum absolute atomic E-state index is 11.2. The summed E-state index contributed by atoms with van der Waals surface area (Å²) in [5.41, 5.74) is 6.56. The van der Waals surface area contributed by atoms with Crippen LogP contribution in [0.15, 0.2) is 24.3 Å². The number of carbonyl (C=O) groups is 1. The number of rotatable bonds is 3. The molecule has 0 radical (unpaired) electrons. The van der Waals surface area contributed by atoms with Crippen molar-refractivity contribution in [2.45, 2.75) is 25.5 Å². The average molecular weight is 220 g/mol. The smallest absolute Gasteiger partial charge is 0.250 e. The van der Waals surface area contributed by atoms with Gasteiger partial charge in [-0.3, -0.25) is 4.79 Å². The van der Waals surface area contributed by atoms with E-state index in [0.29, 0.717) is 5.56 Å². The normalized spacial score (nSPS) is 20.4. The number of ether oxygens (including phenoxy) is 1. The molecule has 1 saturated heterocycles. The number of para-hydroxylation sites is 1. The molecule has 4 heteroatoms. The summed E-state index contributed by atoms with van der Waals surface area (Å²) in [6.07, 6.45) is 3.22. The number of carbonyl (C=O) groups excluding carboxylic acids is 1. The Kier molecular flexibility index (Phi) is 3.41. The van der Waals surface area contributed by atoms with Crippen LogP contribution < -0.4 is 11.1 Å². The summed E-state index contributed by atoms with van der Waals surface area (Å²) in [5, 5.41) is 3.21. The molecule has 16 heavy (non-hydrogen) atoms. The largest absolute Gasteiger partial charge is 0.366 e. The van der Waals surface area contributed by atoms with Gasteiger partial charge in [-0.1, -0.05) is 12.1 Å². The van der Waals surface area contributed by atoms with Crippen LogP contribution in [0.2, 0.25) is 0 Å². The maximum Gasteiger partial charge on any atom is 0.250 e. The highest BCUT2D eigenvalue weighted by Crippen LogP contribution is 2.19. The second kappa shape index (κ2) is 4.99. The van der Waals surface area contributed by atoms with E-state index in [2.05, 4.69) is 5.32 Å². The van der Waals surface area contributed by atoms with E-state index in [1.807, 2.05) is 12.1 Å². The predicted octanol–water partition coefficient (Wildman–Crippen LogP) is 1.72. The number of anilines is 1. The van der Waals surface area contributed by atoms with E-state index < -0.39 is 5.91 Å². The first-order chi connectivity index (χ1) is 7.77. The Labute approximate surface area is 94.8 Å². The first-order valence-corrected chi connectivity index (χ1v) is 5.54. The van der Waals surface area contributed by atoms with E-state index in [1.54, 1.807) is 12.1 Å². The molecule has 1 unspecified atom stereocenters. The van der Waals surface area contributed by atoms with Gasteiger partial charge in [0.05, 0.1) is 5.56 Å². The number of amides is 1. The monoisotopic (exact) mass is 220 g/mol. The molecule has 3 N–H and O–H groups in total. The lowest BCUT2D eigenvalue weighted by atomic mass is 10.1. The van der Waals surface area contributed by atoms with Gasteiger partial charge in [0, 0.05) is 12.3 Å². The van der Waals surface area contributed by atoms with E-state index in [4.69, 9.17) is 10.5 Å². The first-order valence-electron chi connectivity index (χ1n) is 5.54. The van der Waals surface area contributed by atoms with Crippen molar-refractivity contribution >= 4 is 11.6 Å². The molecule has 1 aromatic rings. The lowest BCUT2D eigenvalue weighted by Gasteiger charge is -2.25. The molecule has 1 aromatic carbocycles. The quantitative estimate of drug-likeness (QED) is 0.815. The van der Waals surface area contributed by atoms with Crippen molar-refractivity contribution in [3.8, 4) is 0 Å². The third-order valence-corrected chi connectivity index (χ3v) is 2.69. The number of hydrogen-bond acceptors (Lipinski definition) is 3. The zero-order valence-corrected chi connectivity index (χ0v) is 9.11. The van der Waals surface area contributed by atoms with Gasteiger partial charge in [-0.15, -0.1) is 0 Å². The van der Waals surface area contributed by atoms with Crippen molar-refractivity contribution in [3.05, 3.63) is 29.8 Å². The Bertz CT molecular complexity index is 373. The van der Waals surface area contributed by atoms with Crippen LogP contribution in [-0.4, -0.2) is 18.7 Å². The van der Waals surface area contributed by atoms with Gasteiger partial charge in [0.2, 0.25) is 0 Å². The van der Waals surface area contributed by atoms with E-state index >= 15 is 0 Å². The standard InChI is InChI=1S/C12H16N2O2/c13-12(15)9-5-1-2-6-10(9)14-11-7-3-4-8-16-11/h1-2,5-6,11,14H,3-4,7-8H2,(H2,13,15). The maximum atomic E-state index is 11.2. The SMILES string of the molecule is NC(=O)c1ccccc1NC1CCCCO1. The molecule has 86 valence electrons. The van der Waals surface area contributed by atoms with Crippen LogP contribution >= 0.6 is 0 Å². The number of hydrogen-bond donors (Lipinski definition) is 2. The molecular formula is C12H16N2O2. The van der Waals surface area contributed by atoms with Gasteiger partial charge in [-0.2, -0.15) is 0 Å². The summed E-state index contributed by atoms with van der Waals surface area (Å²) in [5.74, 6) is -0.418. The molecule has 0 saturated carbocycles. The van der Waals surface area contributed by atoms with E-state index in [1.165, 1.54) is 0 Å². The Morgan fingerprint density at radius 3 is 2.88 bits per heavy atom. The molecule has 1 atom stereocenters. The second-order valence-corrected chi connectivity index (χ2v) is 3.91. The van der Waals surface area contributed by atoms with Crippen molar-refractivity contribution in [3.63, 3.8) is 0 Å². The Morgan fingerprint density at radius 2 is 2.19 bits per heavy atom. The van der Waals surface area contributed by atoms with E-state index in [0.717, 1.165) is 31.6 Å². The minimum Gasteiger partial charge on any atom is -0.366 e. The summed E-state index contributed by atoms with van der Waals surface area (Å²) in [7, 11) is 0. The van der Waals surface area contributed by atoms with Gasteiger partial charge >= 0.3 is 0 Å². The minimum atomic E-state index is -0.418. The average Bonchev–Trinajstić information content (AvgIpc) is 2.31. The summed E-state index contributed by atoms with van der Waals surface area (Å²) >= 11 is 0. The van der Waals surface area contributed by atoms with Crippen molar-refractivity contribution in [2.24, 2.45) is 5.73 Å². The molecule has 1 heterocycles. The molecule has 0 aromatic heterocycles. The molecule has 4 nitrogen and oxygen atoms in total. The molecule has 2 rings (SSSR count). The molecule has 1 aliphatic heterocycles. The highest BCUT2D eigenvalue weighted by Gasteiger charge is 2.15. The minimum absolute atomic E-state index is 0.00532. The summed E-state index contributed by atoms with van der Waals surface area (Å²) in [6.45, 7) is 0.774. The molecule has 0 bridgehead atoms. The Hall–Kier alpha value is -1.55. The fourth-order valence-corrected chi connectivity index (χ4v) is 1.85. The molecule has 1 aliphatic rings. The Morgan fingerprint density at radius 1 is 1.38 bits per heavy atom. The second-order valence-electron chi connectivity index (χ2n) is 3.91. The lowest BCUT2D eigenvalue weighted by Crippen LogP contribution is -2.28. The van der Waals surface area contributed by atoms with Gasteiger partial charge in [-0.05, 0) is 31.4 Å². The molecule has 0 aliphatic carbocycles. The predicted molar refractivity (Wildman–Crippen MR) is 62.2 cm³/mol. The molecule has 0 spiro atoms. The van der Waals surface area contributed by atoms with Gasteiger partial charge in [0.25, 0.3) is 5.91 Å². The zero-order chi connectivity index (χ0) is 11.4. The molecule has 1 amide bonds. The lowest BCUT2D eigenvalue weighted by molar-refractivity contribution is 0.0343. The van der Waals surface area contributed by atoms with Crippen LogP contribution in [0.1, 0.15) is 29.6 Å². The number of nitrogens with two attached hydrogens (primary N) is 1. The van der Waals surface area contributed by atoms with Crippen LogP contribution in [0.25, 0.3) is 0 Å². The van der Waals surface area contributed by atoms with Crippen LogP contribution in [0, 0.1) is 0 Å². The fourth-order valence-electron chi connectivity index (χ4n) is 1.85. The number of nitrogens with one attached hydrogen (secondary N) is 1. The topological polar surface area (TPSA) is 64.4 Å². The summed E-state index contributed by atoms with van der Waals surface area (Å²) in [6, 6.07) is 7.23. The third kappa shape index (κ3) is 2.52. The van der Waals surface area contributed by atoms with Crippen LogP contribution in [0.3, 0.4) is 0 Å². The van der Waals surface area contributed by atoms with Gasteiger partial charge in [0.1, 0.15) is 6.23 Å². The van der Waals surface area contributed by atoms with Crippen molar-refractivity contribution in [2.75, 3.05) is 11.9 Å².